The van der Waals surface area contributed by atoms with Crippen LogP contribution in [0.4, 0.5) is 0 Å². The predicted molar refractivity (Wildman–Crippen MR) is 86.9 cm³/mol. The Balaban J connectivity index is 2.10. The van der Waals surface area contributed by atoms with Crippen molar-refractivity contribution >= 4 is 11.8 Å². The van der Waals surface area contributed by atoms with Gasteiger partial charge in [-0.25, -0.2) is 0 Å². The van der Waals surface area contributed by atoms with E-state index in [9.17, 15) is 9.59 Å². The highest BCUT2D eigenvalue weighted by Gasteiger charge is 2.28. The van der Waals surface area contributed by atoms with Crippen molar-refractivity contribution in [2.45, 2.75) is 13.8 Å². The zero-order valence-corrected chi connectivity index (χ0v) is 14.2. The van der Waals surface area contributed by atoms with E-state index in [-0.39, 0.29) is 17.7 Å². The van der Waals surface area contributed by atoms with Crippen LogP contribution in [-0.2, 0) is 4.79 Å². The molecule has 0 atom stereocenters. The minimum absolute atomic E-state index is 0.0178. The smallest absolute Gasteiger partial charge is 0.257 e. The fraction of sp³-hybridized carbons (Fsp3) is 0.529. The van der Waals surface area contributed by atoms with Gasteiger partial charge in [-0.15, -0.1) is 0 Å². The van der Waals surface area contributed by atoms with Crippen molar-refractivity contribution in [1.29, 1.82) is 0 Å². The summed E-state index contributed by atoms with van der Waals surface area (Å²) in [5, 5.41) is 0. The number of para-hydroxylation sites is 1. The molecule has 2 amide bonds. The average molecular weight is 320 g/mol. The molecule has 1 heterocycles. The number of hydrogen-bond donors (Lipinski definition) is 0. The van der Waals surface area contributed by atoms with E-state index in [0.717, 1.165) is 0 Å². The van der Waals surface area contributed by atoms with Crippen LogP contribution in [0.1, 0.15) is 24.2 Å². The van der Waals surface area contributed by atoms with Crippen LogP contribution in [0.5, 0.6) is 11.5 Å². The summed E-state index contributed by atoms with van der Waals surface area (Å²) in [6.45, 7) is 5.96. The van der Waals surface area contributed by atoms with Gasteiger partial charge in [0.25, 0.3) is 5.91 Å². The van der Waals surface area contributed by atoms with Gasteiger partial charge in [-0.05, 0) is 12.1 Å². The maximum Gasteiger partial charge on any atom is 0.257 e. The lowest BCUT2D eigenvalue weighted by Gasteiger charge is -2.35. The molecule has 1 aliphatic rings. The molecule has 2 rings (SSSR count). The van der Waals surface area contributed by atoms with Crippen LogP contribution < -0.4 is 9.47 Å². The van der Waals surface area contributed by atoms with Crippen LogP contribution in [-0.4, -0.2) is 62.0 Å². The largest absolute Gasteiger partial charge is 0.493 e. The molecule has 1 aliphatic heterocycles. The lowest BCUT2D eigenvalue weighted by molar-refractivity contribution is -0.135. The molecule has 0 spiro atoms. The first kappa shape index (κ1) is 17.1. The van der Waals surface area contributed by atoms with Gasteiger partial charge in [-0.2, -0.15) is 0 Å². The molecule has 0 N–H and O–H groups in total. The van der Waals surface area contributed by atoms with Crippen LogP contribution in [0.3, 0.4) is 0 Å². The van der Waals surface area contributed by atoms with E-state index in [2.05, 4.69) is 0 Å². The average Bonchev–Trinajstić information content (AvgIpc) is 2.59. The zero-order valence-electron chi connectivity index (χ0n) is 14.2. The zero-order chi connectivity index (χ0) is 17.0. The monoisotopic (exact) mass is 320 g/mol. The SMILES string of the molecule is COc1cccc(C(=O)N2CCN(C(=O)C(C)C)CC2)c1OC. The van der Waals surface area contributed by atoms with E-state index in [0.29, 0.717) is 43.2 Å². The Hall–Kier alpha value is -2.24. The van der Waals surface area contributed by atoms with Gasteiger partial charge in [0.15, 0.2) is 11.5 Å². The van der Waals surface area contributed by atoms with Crippen molar-refractivity contribution < 1.29 is 19.1 Å². The van der Waals surface area contributed by atoms with E-state index in [1.165, 1.54) is 7.11 Å². The highest BCUT2D eigenvalue weighted by atomic mass is 16.5. The quantitative estimate of drug-likeness (QED) is 0.846. The third-order valence-electron chi connectivity index (χ3n) is 4.01. The molecule has 6 heteroatoms. The van der Waals surface area contributed by atoms with Gasteiger partial charge < -0.3 is 19.3 Å². The van der Waals surface area contributed by atoms with Crippen molar-refractivity contribution in [3.05, 3.63) is 23.8 Å². The minimum atomic E-state index is -0.0996. The number of amides is 2. The molecular formula is C17H24N2O4. The molecule has 0 aliphatic carbocycles. The number of hydrogen-bond acceptors (Lipinski definition) is 4. The summed E-state index contributed by atoms with van der Waals surface area (Å²) in [6, 6.07) is 5.26. The number of methoxy groups -OCH3 is 2. The summed E-state index contributed by atoms with van der Waals surface area (Å²) in [5.41, 5.74) is 0.482. The molecule has 1 aromatic rings. The molecule has 0 bridgehead atoms. The van der Waals surface area contributed by atoms with Gasteiger partial charge in [-0.1, -0.05) is 19.9 Å². The first-order chi connectivity index (χ1) is 11.0. The number of nitrogens with zero attached hydrogens (tertiary/aromatic N) is 2. The molecule has 0 unspecified atom stereocenters. The summed E-state index contributed by atoms with van der Waals surface area (Å²) in [6.07, 6.45) is 0. The molecule has 126 valence electrons. The van der Waals surface area contributed by atoms with Gasteiger partial charge in [0.2, 0.25) is 5.91 Å². The maximum absolute atomic E-state index is 12.7. The Morgan fingerprint density at radius 2 is 1.61 bits per heavy atom. The van der Waals surface area contributed by atoms with E-state index >= 15 is 0 Å². The Morgan fingerprint density at radius 1 is 1.00 bits per heavy atom. The van der Waals surface area contributed by atoms with E-state index in [1.807, 2.05) is 18.7 Å². The van der Waals surface area contributed by atoms with E-state index in [4.69, 9.17) is 9.47 Å². The summed E-state index contributed by atoms with van der Waals surface area (Å²) in [5.74, 6) is 0.997. The highest BCUT2D eigenvalue weighted by Crippen LogP contribution is 2.31. The molecule has 6 nitrogen and oxygen atoms in total. The van der Waals surface area contributed by atoms with Crippen molar-refractivity contribution in [2.24, 2.45) is 5.92 Å². The lowest BCUT2D eigenvalue weighted by Crippen LogP contribution is -2.51. The van der Waals surface area contributed by atoms with Gasteiger partial charge >= 0.3 is 0 Å². The van der Waals surface area contributed by atoms with Crippen LogP contribution in [0.15, 0.2) is 18.2 Å². The van der Waals surface area contributed by atoms with E-state index < -0.39 is 0 Å². The number of carbonyl (C=O) groups is 2. The number of carbonyl (C=O) groups excluding carboxylic acids is 2. The second kappa shape index (κ2) is 7.35. The topological polar surface area (TPSA) is 59.1 Å². The third-order valence-corrected chi connectivity index (χ3v) is 4.01. The predicted octanol–water partition coefficient (Wildman–Crippen LogP) is 1.64. The molecule has 0 aromatic heterocycles. The Morgan fingerprint density at radius 3 is 2.13 bits per heavy atom. The molecule has 1 aromatic carbocycles. The standard InChI is InChI=1S/C17H24N2O4/c1-12(2)16(20)18-8-10-19(11-9-18)17(21)13-6-5-7-14(22-3)15(13)23-4/h5-7,12H,8-11H2,1-4H3. The van der Waals surface area contributed by atoms with Gasteiger partial charge in [0.05, 0.1) is 19.8 Å². The number of ether oxygens (including phenoxy) is 2. The Kier molecular flexibility index (Phi) is 5.47. The number of piperazine rings is 1. The number of rotatable bonds is 4. The van der Waals surface area contributed by atoms with Crippen molar-refractivity contribution in [3.63, 3.8) is 0 Å². The summed E-state index contributed by atoms with van der Waals surface area (Å²) in [4.78, 5) is 28.3. The fourth-order valence-electron chi connectivity index (χ4n) is 2.72. The first-order valence-electron chi connectivity index (χ1n) is 7.78. The van der Waals surface area contributed by atoms with Crippen molar-refractivity contribution in [3.8, 4) is 11.5 Å². The van der Waals surface area contributed by atoms with Crippen molar-refractivity contribution in [2.75, 3.05) is 40.4 Å². The highest BCUT2D eigenvalue weighted by molar-refractivity contribution is 5.98. The van der Waals surface area contributed by atoms with Crippen LogP contribution in [0.2, 0.25) is 0 Å². The summed E-state index contributed by atoms with van der Waals surface area (Å²) in [7, 11) is 3.07. The lowest BCUT2D eigenvalue weighted by atomic mass is 10.1. The molecule has 1 saturated heterocycles. The third kappa shape index (κ3) is 3.57. The first-order valence-corrected chi connectivity index (χ1v) is 7.78. The summed E-state index contributed by atoms with van der Waals surface area (Å²) < 4.78 is 10.6. The molecule has 0 saturated carbocycles. The number of benzene rings is 1. The van der Waals surface area contributed by atoms with Crippen molar-refractivity contribution in [1.82, 2.24) is 9.80 Å². The Bertz CT molecular complexity index is 578. The summed E-state index contributed by atoms with van der Waals surface area (Å²) >= 11 is 0. The molecule has 1 fully saturated rings. The van der Waals surface area contributed by atoms with Crippen LogP contribution in [0, 0.1) is 5.92 Å². The van der Waals surface area contributed by atoms with Gasteiger partial charge in [0, 0.05) is 32.1 Å². The van der Waals surface area contributed by atoms with E-state index in [1.54, 1.807) is 30.2 Å². The molecule has 23 heavy (non-hydrogen) atoms. The van der Waals surface area contributed by atoms with Gasteiger partial charge in [0.1, 0.15) is 0 Å². The second-order valence-corrected chi connectivity index (χ2v) is 5.81. The Labute approximate surface area is 137 Å². The van der Waals surface area contributed by atoms with Crippen LogP contribution >= 0.6 is 0 Å². The fourth-order valence-corrected chi connectivity index (χ4v) is 2.72. The maximum atomic E-state index is 12.7. The van der Waals surface area contributed by atoms with Crippen LogP contribution in [0.25, 0.3) is 0 Å². The van der Waals surface area contributed by atoms with Gasteiger partial charge in [-0.3, -0.25) is 9.59 Å². The second-order valence-electron chi connectivity index (χ2n) is 5.81. The molecule has 0 radical (unpaired) electrons. The minimum Gasteiger partial charge on any atom is -0.493 e. The normalized spacial score (nSPS) is 14.8. The molecular weight excluding hydrogens is 296 g/mol.